The minimum absolute atomic E-state index is 0.583. The summed E-state index contributed by atoms with van der Waals surface area (Å²) in [6.45, 7) is 9.45. The van der Waals surface area contributed by atoms with Crippen molar-refractivity contribution < 1.29 is 8.42 Å². The average Bonchev–Trinajstić information content (AvgIpc) is 2.17. The van der Waals surface area contributed by atoms with E-state index in [2.05, 4.69) is 4.90 Å². The number of sulfonamides is 1. The Hall–Kier alpha value is -0.170. The molecule has 0 aromatic rings. The molecule has 0 amide bonds. The lowest BCUT2D eigenvalue weighted by Crippen LogP contribution is -2.53. The van der Waals surface area contributed by atoms with E-state index < -0.39 is 14.8 Å². The second-order valence-corrected chi connectivity index (χ2v) is 7.84. The Kier molecular flexibility index (Phi) is 4.34. The zero-order chi connectivity index (χ0) is 12.4. The van der Waals surface area contributed by atoms with E-state index in [0.717, 1.165) is 19.6 Å². The van der Waals surface area contributed by atoms with Crippen LogP contribution in [-0.2, 0) is 10.0 Å². The normalized spacial score (nSPS) is 21.2. The summed E-state index contributed by atoms with van der Waals surface area (Å²) in [7, 11) is -3.16. The van der Waals surface area contributed by atoms with Crippen LogP contribution in [0.3, 0.4) is 0 Å². The first kappa shape index (κ1) is 13.9. The van der Waals surface area contributed by atoms with Gasteiger partial charge in [0, 0.05) is 39.3 Å². The van der Waals surface area contributed by atoms with Crippen LogP contribution in [0.15, 0.2) is 0 Å². The first-order valence-corrected chi connectivity index (χ1v) is 7.15. The maximum atomic E-state index is 12.2. The Balaban J connectivity index is 2.61. The molecule has 0 bridgehead atoms. The molecule has 96 valence electrons. The van der Waals surface area contributed by atoms with Gasteiger partial charge in [0.15, 0.2) is 0 Å². The third kappa shape index (κ3) is 2.94. The van der Waals surface area contributed by atoms with Crippen molar-refractivity contribution in [3.63, 3.8) is 0 Å². The van der Waals surface area contributed by atoms with E-state index >= 15 is 0 Å². The Morgan fingerprint density at radius 2 is 1.62 bits per heavy atom. The quantitative estimate of drug-likeness (QED) is 0.745. The fourth-order valence-corrected chi connectivity index (χ4v) is 3.18. The smallest absolute Gasteiger partial charge is 0.219 e. The largest absolute Gasteiger partial charge is 0.329 e. The third-order valence-corrected chi connectivity index (χ3v) is 5.48. The molecule has 1 aliphatic rings. The highest BCUT2D eigenvalue weighted by molar-refractivity contribution is 7.90. The van der Waals surface area contributed by atoms with Gasteiger partial charge in [-0.15, -0.1) is 0 Å². The van der Waals surface area contributed by atoms with Gasteiger partial charge in [0.1, 0.15) is 0 Å². The van der Waals surface area contributed by atoms with Gasteiger partial charge < -0.3 is 5.73 Å². The van der Waals surface area contributed by atoms with Crippen LogP contribution in [0.1, 0.15) is 20.8 Å². The standard InChI is InChI=1S/C10H23N3O2S/c1-10(2,3)16(14,15)13-8-6-12(5-4-11)7-9-13/h4-9,11H2,1-3H3. The van der Waals surface area contributed by atoms with E-state index in [0.29, 0.717) is 19.6 Å². The molecule has 0 radical (unpaired) electrons. The molecular weight excluding hydrogens is 226 g/mol. The summed E-state index contributed by atoms with van der Waals surface area (Å²) < 4.78 is 25.2. The second kappa shape index (κ2) is 5.00. The van der Waals surface area contributed by atoms with Crippen LogP contribution in [0.4, 0.5) is 0 Å². The van der Waals surface area contributed by atoms with Crippen LogP contribution in [0.25, 0.3) is 0 Å². The van der Waals surface area contributed by atoms with Crippen LogP contribution >= 0.6 is 0 Å². The van der Waals surface area contributed by atoms with Crippen molar-refractivity contribution in [1.29, 1.82) is 0 Å². The van der Waals surface area contributed by atoms with Gasteiger partial charge in [-0.2, -0.15) is 4.31 Å². The van der Waals surface area contributed by atoms with Gasteiger partial charge in [-0.3, -0.25) is 4.90 Å². The molecule has 1 rings (SSSR count). The summed E-state index contributed by atoms with van der Waals surface area (Å²) in [6.07, 6.45) is 0. The summed E-state index contributed by atoms with van der Waals surface area (Å²) in [4.78, 5) is 2.20. The first-order chi connectivity index (χ1) is 7.29. The number of piperazine rings is 1. The monoisotopic (exact) mass is 249 g/mol. The van der Waals surface area contributed by atoms with Crippen molar-refractivity contribution >= 4 is 10.0 Å². The molecule has 1 saturated heterocycles. The van der Waals surface area contributed by atoms with E-state index in [-0.39, 0.29) is 0 Å². The lowest BCUT2D eigenvalue weighted by Gasteiger charge is -2.37. The van der Waals surface area contributed by atoms with E-state index in [9.17, 15) is 8.42 Å². The predicted octanol–water partition coefficient (Wildman–Crippen LogP) is -0.309. The van der Waals surface area contributed by atoms with Gasteiger partial charge >= 0.3 is 0 Å². The van der Waals surface area contributed by atoms with Crippen LogP contribution < -0.4 is 5.73 Å². The summed E-state index contributed by atoms with van der Waals surface area (Å²) in [5.74, 6) is 0. The van der Waals surface area contributed by atoms with E-state index in [1.807, 2.05) is 0 Å². The molecule has 1 aliphatic heterocycles. The SMILES string of the molecule is CC(C)(C)S(=O)(=O)N1CCN(CCN)CC1. The highest BCUT2D eigenvalue weighted by Gasteiger charge is 2.36. The Bertz CT molecular complexity index is 313. The fourth-order valence-electron chi connectivity index (χ4n) is 1.76. The number of rotatable bonds is 3. The lowest BCUT2D eigenvalue weighted by atomic mass is 10.3. The maximum Gasteiger partial charge on any atom is 0.219 e. The highest BCUT2D eigenvalue weighted by Crippen LogP contribution is 2.21. The molecule has 0 aromatic heterocycles. The first-order valence-electron chi connectivity index (χ1n) is 5.71. The van der Waals surface area contributed by atoms with Gasteiger partial charge in [-0.1, -0.05) is 0 Å². The van der Waals surface area contributed by atoms with Crippen LogP contribution in [0.5, 0.6) is 0 Å². The van der Waals surface area contributed by atoms with Crippen molar-refractivity contribution in [2.75, 3.05) is 39.3 Å². The molecular formula is C10H23N3O2S. The minimum atomic E-state index is -3.16. The molecule has 1 heterocycles. The van der Waals surface area contributed by atoms with Gasteiger partial charge in [0.2, 0.25) is 10.0 Å². The fraction of sp³-hybridized carbons (Fsp3) is 1.00. The van der Waals surface area contributed by atoms with Crippen molar-refractivity contribution in [3.8, 4) is 0 Å². The molecule has 0 spiro atoms. The van der Waals surface area contributed by atoms with E-state index in [1.54, 1.807) is 25.1 Å². The molecule has 0 unspecified atom stereocenters. The molecule has 0 aromatic carbocycles. The van der Waals surface area contributed by atoms with Crippen molar-refractivity contribution in [3.05, 3.63) is 0 Å². The zero-order valence-electron chi connectivity index (χ0n) is 10.4. The molecule has 6 heteroatoms. The maximum absolute atomic E-state index is 12.2. The Morgan fingerprint density at radius 1 is 1.12 bits per heavy atom. The molecule has 2 N–H and O–H groups in total. The van der Waals surface area contributed by atoms with Gasteiger partial charge in [0.05, 0.1) is 4.75 Å². The molecule has 5 nitrogen and oxygen atoms in total. The zero-order valence-corrected chi connectivity index (χ0v) is 11.3. The number of nitrogens with zero attached hydrogens (tertiary/aromatic N) is 2. The lowest BCUT2D eigenvalue weighted by molar-refractivity contribution is 0.190. The van der Waals surface area contributed by atoms with Gasteiger partial charge in [-0.05, 0) is 20.8 Å². The summed E-state index contributed by atoms with van der Waals surface area (Å²) in [5, 5.41) is 0. The van der Waals surface area contributed by atoms with Crippen molar-refractivity contribution in [1.82, 2.24) is 9.21 Å². The predicted molar refractivity (Wildman–Crippen MR) is 65.7 cm³/mol. The molecule has 0 saturated carbocycles. The second-order valence-electron chi connectivity index (χ2n) is 5.15. The van der Waals surface area contributed by atoms with E-state index in [1.165, 1.54) is 0 Å². The minimum Gasteiger partial charge on any atom is -0.329 e. The molecule has 0 atom stereocenters. The Labute approximate surface area is 98.6 Å². The van der Waals surface area contributed by atoms with Crippen molar-refractivity contribution in [2.45, 2.75) is 25.5 Å². The number of hydrogen-bond donors (Lipinski definition) is 1. The highest BCUT2D eigenvalue weighted by atomic mass is 32.2. The van der Waals surface area contributed by atoms with Gasteiger partial charge in [0.25, 0.3) is 0 Å². The topological polar surface area (TPSA) is 66.6 Å². The summed E-state index contributed by atoms with van der Waals surface area (Å²) >= 11 is 0. The summed E-state index contributed by atoms with van der Waals surface area (Å²) in [6, 6.07) is 0. The van der Waals surface area contributed by atoms with Crippen LogP contribution in [0, 0.1) is 0 Å². The van der Waals surface area contributed by atoms with Gasteiger partial charge in [-0.25, -0.2) is 8.42 Å². The van der Waals surface area contributed by atoms with Crippen LogP contribution in [0.2, 0.25) is 0 Å². The third-order valence-electron chi connectivity index (χ3n) is 2.89. The Morgan fingerprint density at radius 3 is 2.00 bits per heavy atom. The molecule has 0 aliphatic carbocycles. The average molecular weight is 249 g/mol. The number of nitrogens with two attached hydrogens (primary N) is 1. The van der Waals surface area contributed by atoms with Crippen molar-refractivity contribution in [2.24, 2.45) is 5.73 Å². The van der Waals surface area contributed by atoms with Crippen LogP contribution in [-0.4, -0.2) is 61.6 Å². The molecule has 16 heavy (non-hydrogen) atoms. The summed E-state index contributed by atoms with van der Waals surface area (Å²) in [5.41, 5.74) is 5.48. The van der Waals surface area contributed by atoms with E-state index in [4.69, 9.17) is 5.73 Å². The number of hydrogen-bond acceptors (Lipinski definition) is 4. The molecule has 1 fully saturated rings.